The Balaban J connectivity index is 1.94. The molecular formula is C17H24N4O3S. The first-order valence-corrected chi connectivity index (χ1v) is 10.3. The number of rotatable bonds is 4. The summed E-state index contributed by atoms with van der Waals surface area (Å²) in [7, 11) is -3.53. The summed E-state index contributed by atoms with van der Waals surface area (Å²) in [6, 6.07) is 5.70. The van der Waals surface area contributed by atoms with Gasteiger partial charge >= 0.3 is 0 Å². The van der Waals surface area contributed by atoms with Crippen LogP contribution in [-0.2, 0) is 14.6 Å². The van der Waals surface area contributed by atoms with Crippen LogP contribution in [0.3, 0.4) is 0 Å². The molecule has 0 spiro atoms. The van der Waals surface area contributed by atoms with E-state index in [1.165, 1.54) is 0 Å². The fraction of sp³-hybridized carbons (Fsp3) is 0.529. The van der Waals surface area contributed by atoms with E-state index in [0.717, 1.165) is 17.2 Å². The summed E-state index contributed by atoms with van der Waals surface area (Å²) in [4.78, 5) is 12.9. The molecule has 136 valence electrons. The number of benzene rings is 1. The van der Waals surface area contributed by atoms with Gasteiger partial charge in [0.1, 0.15) is 0 Å². The Kier molecular flexibility index (Phi) is 4.59. The molecule has 2 heterocycles. The summed E-state index contributed by atoms with van der Waals surface area (Å²) in [5, 5.41) is 11.3. The third kappa shape index (κ3) is 3.16. The quantitative estimate of drug-likeness (QED) is 0.862. The fourth-order valence-corrected chi connectivity index (χ4v) is 4.70. The molecule has 25 heavy (non-hydrogen) atoms. The average molecular weight is 364 g/mol. The molecule has 1 saturated heterocycles. The van der Waals surface area contributed by atoms with Crippen molar-refractivity contribution in [1.29, 1.82) is 0 Å². The number of hydrogen-bond acceptors (Lipinski definition) is 5. The van der Waals surface area contributed by atoms with E-state index in [4.69, 9.17) is 0 Å². The molecule has 1 aromatic carbocycles. The van der Waals surface area contributed by atoms with Gasteiger partial charge in [-0.1, -0.05) is 0 Å². The molecule has 7 nitrogen and oxygen atoms in total. The van der Waals surface area contributed by atoms with Crippen LogP contribution in [0, 0.1) is 0 Å². The molecule has 1 fully saturated rings. The first kappa shape index (κ1) is 17.9. The van der Waals surface area contributed by atoms with E-state index >= 15 is 0 Å². The number of fused-ring (bicyclic) bond motifs is 1. The zero-order valence-electron chi connectivity index (χ0n) is 14.7. The number of carbonyl (C=O) groups excluding carboxylic acids is 1. The van der Waals surface area contributed by atoms with E-state index in [1.807, 2.05) is 30.7 Å². The zero-order valence-corrected chi connectivity index (χ0v) is 15.6. The second kappa shape index (κ2) is 6.42. The first-order chi connectivity index (χ1) is 11.7. The molecule has 3 rings (SSSR count). The third-order valence-corrected chi connectivity index (χ3v) is 6.89. The lowest BCUT2D eigenvalue weighted by atomic mass is 9.95. The highest BCUT2D eigenvalue weighted by Gasteiger charge is 2.48. The Morgan fingerprint density at radius 1 is 1.32 bits per heavy atom. The molecule has 0 radical (unpaired) electrons. The number of sulfone groups is 1. The van der Waals surface area contributed by atoms with Crippen LogP contribution in [-0.4, -0.2) is 48.2 Å². The minimum atomic E-state index is -3.53. The number of hydrogen-bond donors (Lipinski definition) is 2. The van der Waals surface area contributed by atoms with Crippen LogP contribution >= 0.6 is 0 Å². The molecule has 0 unspecified atom stereocenters. The van der Waals surface area contributed by atoms with Gasteiger partial charge in [-0.15, -0.1) is 0 Å². The molecule has 0 saturated carbocycles. The van der Waals surface area contributed by atoms with Gasteiger partial charge in [-0.3, -0.25) is 9.48 Å². The summed E-state index contributed by atoms with van der Waals surface area (Å²) in [5.74, 6) is -0.452. The monoisotopic (exact) mass is 364 g/mol. The molecule has 1 aliphatic heterocycles. The van der Waals surface area contributed by atoms with Crippen LogP contribution in [0.15, 0.2) is 24.4 Å². The van der Waals surface area contributed by atoms with Crippen molar-refractivity contribution < 1.29 is 13.2 Å². The van der Waals surface area contributed by atoms with Crippen molar-refractivity contribution in [1.82, 2.24) is 15.1 Å². The van der Waals surface area contributed by atoms with Crippen molar-refractivity contribution in [3.05, 3.63) is 24.4 Å². The standard InChI is InChI=1S/C17H24N4O3S/c1-12(2)21-15-10-14(5-4-13(15)11-19-21)20-16(22)17(25(3,23)24)6-8-18-9-7-17/h4-5,10-12,18H,6-9H2,1-3H3,(H,20,22). The normalized spacial score (nSPS) is 17.8. The lowest BCUT2D eigenvalue weighted by molar-refractivity contribution is -0.119. The van der Waals surface area contributed by atoms with Crippen molar-refractivity contribution in [3.8, 4) is 0 Å². The summed E-state index contributed by atoms with van der Waals surface area (Å²) in [5.41, 5.74) is 1.49. The van der Waals surface area contributed by atoms with E-state index in [9.17, 15) is 13.2 Å². The maximum atomic E-state index is 12.9. The molecule has 1 amide bonds. The van der Waals surface area contributed by atoms with Gasteiger partial charge in [0.25, 0.3) is 0 Å². The molecule has 0 bridgehead atoms. The lowest BCUT2D eigenvalue weighted by Crippen LogP contribution is -2.55. The minimum Gasteiger partial charge on any atom is -0.325 e. The number of anilines is 1. The molecule has 1 aliphatic rings. The van der Waals surface area contributed by atoms with E-state index in [0.29, 0.717) is 18.8 Å². The highest BCUT2D eigenvalue weighted by atomic mass is 32.2. The van der Waals surface area contributed by atoms with Gasteiger partial charge in [0.05, 0.1) is 11.7 Å². The zero-order chi connectivity index (χ0) is 18.2. The van der Waals surface area contributed by atoms with Crippen LogP contribution in [0.5, 0.6) is 0 Å². The maximum Gasteiger partial charge on any atom is 0.245 e. The van der Waals surface area contributed by atoms with Crippen LogP contribution in [0.1, 0.15) is 32.7 Å². The van der Waals surface area contributed by atoms with Gasteiger partial charge in [-0.05, 0) is 58.0 Å². The summed E-state index contributed by atoms with van der Waals surface area (Å²) in [6.45, 7) is 5.09. The number of carbonyl (C=O) groups is 1. The van der Waals surface area contributed by atoms with Crippen LogP contribution in [0.25, 0.3) is 10.9 Å². The molecule has 0 aliphatic carbocycles. The third-order valence-electron chi connectivity index (χ3n) is 4.88. The second-order valence-corrected chi connectivity index (χ2v) is 9.25. The molecular weight excluding hydrogens is 340 g/mol. The van der Waals surface area contributed by atoms with Crippen molar-refractivity contribution in [2.45, 2.75) is 37.5 Å². The summed E-state index contributed by atoms with van der Waals surface area (Å²) in [6.07, 6.45) is 3.49. The van der Waals surface area contributed by atoms with Gasteiger partial charge in [-0.2, -0.15) is 5.10 Å². The highest BCUT2D eigenvalue weighted by molar-refractivity contribution is 7.92. The van der Waals surface area contributed by atoms with Gasteiger partial charge in [0.15, 0.2) is 14.6 Å². The number of amides is 1. The minimum absolute atomic E-state index is 0.190. The van der Waals surface area contributed by atoms with Crippen molar-refractivity contribution in [3.63, 3.8) is 0 Å². The van der Waals surface area contributed by atoms with Crippen molar-refractivity contribution in [2.24, 2.45) is 0 Å². The van der Waals surface area contributed by atoms with Gasteiger partial charge < -0.3 is 10.6 Å². The molecule has 2 aromatic rings. The molecule has 8 heteroatoms. The number of piperidine rings is 1. The first-order valence-electron chi connectivity index (χ1n) is 8.44. The average Bonchev–Trinajstić information content (AvgIpc) is 2.97. The van der Waals surface area contributed by atoms with E-state index < -0.39 is 20.5 Å². The summed E-state index contributed by atoms with van der Waals surface area (Å²) < 4.78 is 25.2. The van der Waals surface area contributed by atoms with E-state index in [1.54, 1.807) is 12.3 Å². The highest BCUT2D eigenvalue weighted by Crippen LogP contribution is 2.30. The second-order valence-electron chi connectivity index (χ2n) is 6.93. The van der Waals surface area contributed by atoms with Gasteiger partial charge in [-0.25, -0.2) is 8.42 Å². The largest absolute Gasteiger partial charge is 0.325 e. The Bertz CT molecular complexity index is 896. The van der Waals surface area contributed by atoms with E-state index in [-0.39, 0.29) is 18.9 Å². The van der Waals surface area contributed by atoms with Crippen LogP contribution < -0.4 is 10.6 Å². The lowest BCUT2D eigenvalue weighted by Gasteiger charge is -2.34. The number of aromatic nitrogens is 2. The SMILES string of the molecule is CC(C)n1ncc2ccc(NC(=O)C3(S(C)(=O)=O)CCNCC3)cc21. The van der Waals surface area contributed by atoms with Crippen LogP contribution in [0.2, 0.25) is 0 Å². The fourth-order valence-electron chi connectivity index (χ4n) is 3.37. The van der Waals surface area contributed by atoms with Crippen LogP contribution in [0.4, 0.5) is 5.69 Å². The van der Waals surface area contributed by atoms with E-state index in [2.05, 4.69) is 15.7 Å². The van der Waals surface area contributed by atoms with Gasteiger partial charge in [0.2, 0.25) is 5.91 Å². The Morgan fingerprint density at radius 3 is 2.60 bits per heavy atom. The number of nitrogens with zero attached hydrogens (tertiary/aromatic N) is 2. The Morgan fingerprint density at radius 2 is 2.00 bits per heavy atom. The molecule has 1 aromatic heterocycles. The van der Waals surface area contributed by atoms with Crippen molar-refractivity contribution in [2.75, 3.05) is 24.7 Å². The maximum absolute atomic E-state index is 12.9. The Labute approximate surface area is 147 Å². The predicted octanol–water partition coefficient (Wildman–Crippen LogP) is 1.72. The molecule has 0 atom stereocenters. The molecule has 2 N–H and O–H groups in total. The smallest absolute Gasteiger partial charge is 0.245 e. The van der Waals surface area contributed by atoms with Crippen molar-refractivity contribution >= 4 is 32.3 Å². The summed E-state index contributed by atoms with van der Waals surface area (Å²) >= 11 is 0. The number of nitrogens with one attached hydrogen (secondary N) is 2. The Hall–Kier alpha value is -1.93. The van der Waals surface area contributed by atoms with Gasteiger partial charge in [0, 0.05) is 23.4 Å². The predicted molar refractivity (Wildman–Crippen MR) is 98.4 cm³/mol. The topological polar surface area (TPSA) is 93.1 Å².